The molecule has 0 aliphatic heterocycles. The molecule has 0 spiro atoms. The normalized spacial score (nSPS) is 11.6. The van der Waals surface area contributed by atoms with Gasteiger partial charge in [-0.05, 0) is 60.7 Å². The Bertz CT molecular complexity index is 3130. The summed E-state index contributed by atoms with van der Waals surface area (Å²) in [7, 11) is 0. The molecule has 0 saturated carbocycles. The van der Waals surface area contributed by atoms with E-state index in [4.69, 9.17) is 19.9 Å². The van der Waals surface area contributed by atoms with Crippen LogP contribution in [-0.4, -0.2) is 29.1 Å². The van der Waals surface area contributed by atoms with Crippen molar-refractivity contribution in [3.63, 3.8) is 0 Å². The molecule has 262 valence electrons. The van der Waals surface area contributed by atoms with Crippen LogP contribution in [0, 0.1) is 0 Å². The summed E-state index contributed by atoms with van der Waals surface area (Å²) in [4.78, 5) is 20.1. The summed E-state index contributed by atoms with van der Waals surface area (Å²) >= 11 is 0. The van der Waals surface area contributed by atoms with E-state index in [-0.39, 0.29) is 0 Å². The Balaban J connectivity index is 1.19. The molecule has 0 saturated heterocycles. The van der Waals surface area contributed by atoms with Gasteiger partial charge in [0.2, 0.25) is 0 Å². The molecule has 11 rings (SSSR count). The fourth-order valence-corrected chi connectivity index (χ4v) is 8.09. The fourth-order valence-electron chi connectivity index (χ4n) is 8.09. The summed E-state index contributed by atoms with van der Waals surface area (Å²) < 4.78 is 4.73. The van der Waals surface area contributed by atoms with Crippen molar-refractivity contribution in [1.29, 1.82) is 0 Å². The van der Waals surface area contributed by atoms with Crippen molar-refractivity contribution in [2.45, 2.75) is 0 Å². The van der Waals surface area contributed by atoms with E-state index in [1.54, 1.807) is 0 Å². The second-order valence-electron chi connectivity index (χ2n) is 13.9. The molecule has 0 radical (unpaired) electrons. The number of pyridine rings is 1. The van der Waals surface area contributed by atoms with Crippen molar-refractivity contribution in [3.8, 4) is 56.8 Å². The van der Waals surface area contributed by atoms with Crippen LogP contribution in [0.2, 0.25) is 0 Å². The molecule has 0 atom stereocenters. The van der Waals surface area contributed by atoms with Crippen LogP contribution in [0.3, 0.4) is 0 Å². The highest BCUT2D eigenvalue weighted by Crippen LogP contribution is 2.40. The van der Waals surface area contributed by atoms with Gasteiger partial charge in [0, 0.05) is 55.7 Å². The number of hydrogen-bond donors (Lipinski definition) is 0. The molecule has 0 bridgehead atoms. The van der Waals surface area contributed by atoms with Gasteiger partial charge in [-0.3, -0.25) is 4.98 Å². The molecule has 56 heavy (non-hydrogen) atoms. The lowest BCUT2D eigenvalue weighted by Gasteiger charge is -2.16. The minimum Gasteiger partial charge on any atom is -0.309 e. The summed E-state index contributed by atoms with van der Waals surface area (Å²) in [6.07, 6.45) is 1.83. The number of benzene rings is 7. The lowest BCUT2D eigenvalue weighted by molar-refractivity contribution is 1.06. The number of nitrogens with zero attached hydrogens (tertiary/aromatic N) is 6. The van der Waals surface area contributed by atoms with Gasteiger partial charge in [-0.2, -0.15) is 0 Å². The molecule has 0 fully saturated rings. The first kappa shape index (κ1) is 31.8. The number of para-hydroxylation sites is 3. The molecule has 4 aromatic heterocycles. The highest BCUT2D eigenvalue weighted by atomic mass is 15.1. The van der Waals surface area contributed by atoms with Crippen molar-refractivity contribution in [2.75, 3.05) is 0 Å². The third-order valence-corrected chi connectivity index (χ3v) is 10.6. The standard InChI is InChI=1S/C50H32N6/c1-3-15-33(16-4-1)48-52-49(34-17-5-2-6-18-34)54-50(53-48)41-31-35(42-22-13-14-30-51-42)26-28-47(41)56-45-25-12-9-21-39(45)40-32-36(27-29-46(40)56)55-43-23-10-7-19-37(43)38-20-8-11-24-44(38)55/h1-32H. The Morgan fingerprint density at radius 2 is 0.857 bits per heavy atom. The molecule has 7 aromatic carbocycles. The van der Waals surface area contributed by atoms with Gasteiger partial charge in [0.25, 0.3) is 0 Å². The fraction of sp³-hybridized carbons (Fsp3) is 0. The zero-order valence-electron chi connectivity index (χ0n) is 30.2. The van der Waals surface area contributed by atoms with Gasteiger partial charge in [-0.15, -0.1) is 0 Å². The first-order valence-corrected chi connectivity index (χ1v) is 18.7. The molecule has 0 aliphatic rings. The monoisotopic (exact) mass is 716 g/mol. The van der Waals surface area contributed by atoms with E-state index in [1.165, 1.54) is 21.8 Å². The molecule has 11 aromatic rings. The van der Waals surface area contributed by atoms with Crippen LogP contribution in [0.1, 0.15) is 0 Å². The quantitative estimate of drug-likeness (QED) is 0.172. The highest BCUT2D eigenvalue weighted by molar-refractivity contribution is 6.12. The SMILES string of the molecule is c1ccc(-c2nc(-c3ccccc3)nc(-c3cc(-c4ccccn4)ccc3-n3c4ccccc4c4cc(-n5c6ccccc6c6ccccc65)ccc43)n2)cc1. The minimum absolute atomic E-state index is 0.582. The molecule has 0 N–H and O–H groups in total. The maximum Gasteiger partial charge on any atom is 0.166 e. The number of aromatic nitrogens is 6. The summed E-state index contributed by atoms with van der Waals surface area (Å²) in [6, 6.07) is 65.5. The molecule has 4 heterocycles. The van der Waals surface area contributed by atoms with Gasteiger partial charge in [0.1, 0.15) is 0 Å². The largest absolute Gasteiger partial charge is 0.309 e. The Kier molecular flexibility index (Phi) is 7.38. The topological polar surface area (TPSA) is 61.4 Å². The van der Waals surface area contributed by atoms with Crippen molar-refractivity contribution >= 4 is 43.6 Å². The molecule has 6 heteroatoms. The summed E-state index contributed by atoms with van der Waals surface area (Å²) in [5.74, 6) is 1.81. The summed E-state index contributed by atoms with van der Waals surface area (Å²) in [5, 5.41) is 4.80. The first-order chi connectivity index (χ1) is 27.8. The van der Waals surface area contributed by atoms with Crippen LogP contribution in [-0.2, 0) is 0 Å². The predicted molar refractivity (Wildman–Crippen MR) is 228 cm³/mol. The van der Waals surface area contributed by atoms with E-state index in [1.807, 2.05) is 85.1 Å². The summed E-state index contributed by atoms with van der Waals surface area (Å²) in [6.45, 7) is 0. The Labute approximate surface area is 322 Å². The predicted octanol–water partition coefficient (Wildman–Crippen LogP) is 12.1. The molecule has 0 aliphatic carbocycles. The second-order valence-corrected chi connectivity index (χ2v) is 13.9. The van der Waals surface area contributed by atoms with Gasteiger partial charge in [-0.1, -0.05) is 127 Å². The Morgan fingerprint density at radius 3 is 1.46 bits per heavy atom. The molecule has 6 nitrogen and oxygen atoms in total. The third kappa shape index (κ3) is 5.19. The van der Waals surface area contributed by atoms with Crippen molar-refractivity contribution in [1.82, 2.24) is 29.1 Å². The first-order valence-electron chi connectivity index (χ1n) is 18.7. The molecule has 0 unspecified atom stereocenters. The van der Waals surface area contributed by atoms with Crippen LogP contribution < -0.4 is 0 Å². The van der Waals surface area contributed by atoms with Gasteiger partial charge >= 0.3 is 0 Å². The average molecular weight is 717 g/mol. The number of hydrogen-bond acceptors (Lipinski definition) is 4. The van der Waals surface area contributed by atoms with Crippen molar-refractivity contribution < 1.29 is 0 Å². The highest BCUT2D eigenvalue weighted by Gasteiger charge is 2.21. The van der Waals surface area contributed by atoms with Gasteiger partial charge in [0.05, 0.1) is 33.4 Å². The second kappa shape index (κ2) is 13.0. The Hall–Kier alpha value is -7.70. The maximum atomic E-state index is 5.21. The van der Waals surface area contributed by atoms with E-state index in [0.717, 1.165) is 61.1 Å². The van der Waals surface area contributed by atoms with Crippen LogP contribution >= 0.6 is 0 Å². The molecular weight excluding hydrogens is 685 g/mol. The zero-order valence-corrected chi connectivity index (χ0v) is 30.2. The zero-order chi connectivity index (χ0) is 37.0. The third-order valence-electron chi connectivity index (χ3n) is 10.6. The smallest absolute Gasteiger partial charge is 0.166 e. The number of fused-ring (bicyclic) bond motifs is 6. The summed E-state index contributed by atoms with van der Waals surface area (Å²) in [5.41, 5.74) is 11.2. The van der Waals surface area contributed by atoms with Gasteiger partial charge in [-0.25, -0.2) is 15.0 Å². The average Bonchev–Trinajstić information content (AvgIpc) is 3.79. The van der Waals surface area contributed by atoms with Crippen molar-refractivity contribution in [2.24, 2.45) is 0 Å². The molecule has 0 amide bonds. The number of rotatable bonds is 6. The van der Waals surface area contributed by atoms with E-state index in [2.05, 4.69) is 118 Å². The lowest BCUT2D eigenvalue weighted by atomic mass is 10.0. The van der Waals surface area contributed by atoms with E-state index >= 15 is 0 Å². The van der Waals surface area contributed by atoms with Gasteiger partial charge in [0.15, 0.2) is 17.5 Å². The van der Waals surface area contributed by atoms with E-state index < -0.39 is 0 Å². The van der Waals surface area contributed by atoms with Crippen molar-refractivity contribution in [3.05, 3.63) is 194 Å². The van der Waals surface area contributed by atoms with E-state index in [0.29, 0.717) is 17.5 Å². The minimum atomic E-state index is 0.582. The van der Waals surface area contributed by atoms with Gasteiger partial charge < -0.3 is 9.13 Å². The van der Waals surface area contributed by atoms with Crippen LogP contribution in [0.15, 0.2) is 194 Å². The Morgan fingerprint density at radius 1 is 0.339 bits per heavy atom. The van der Waals surface area contributed by atoms with Crippen LogP contribution in [0.5, 0.6) is 0 Å². The lowest BCUT2D eigenvalue weighted by Crippen LogP contribution is -2.04. The maximum absolute atomic E-state index is 5.21. The molecular formula is C50H32N6. The van der Waals surface area contributed by atoms with Crippen LogP contribution in [0.25, 0.3) is 100 Å². The van der Waals surface area contributed by atoms with E-state index in [9.17, 15) is 0 Å². The van der Waals surface area contributed by atoms with Crippen LogP contribution in [0.4, 0.5) is 0 Å².